The SMILES string of the molecule is CCC=C(CC)CC=C(C)C. The van der Waals surface area contributed by atoms with Gasteiger partial charge in [-0.05, 0) is 33.1 Å². The Bertz CT molecular complexity index is 145. The molecule has 0 heterocycles. The van der Waals surface area contributed by atoms with Gasteiger partial charge < -0.3 is 0 Å². The second kappa shape index (κ2) is 6.21. The molecular weight excluding hydrogens is 132 g/mol. The molecule has 0 nitrogen and oxygen atoms in total. The lowest BCUT2D eigenvalue weighted by molar-refractivity contribution is 0.994. The Hall–Kier alpha value is -0.520. The molecule has 0 aliphatic carbocycles. The van der Waals surface area contributed by atoms with Crippen molar-refractivity contribution in [2.45, 2.75) is 47.0 Å². The molecule has 0 saturated carbocycles. The van der Waals surface area contributed by atoms with Crippen molar-refractivity contribution in [1.29, 1.82) is 0 Å². The molecule has 0 aromatic heterocycles. The molecule has 0 atom stereocenters. The van der Waals surface area contributed by atoms with Gasteiger partial charge in [-0.15, -0.1) is 0 Å². The van der Waals surface area contributed by atoms with Gasteiger partial charge in [-0.3, -0.25) is 0 Å². The standard InChI is InChI=1S/C11H20/c1-5-7-11(6-2)9-8-10(3)4/h7-8H,5-6,9H2,1-4H3. The zero-order chi connectivity index (χ0) is 8.69. The molecule has 0 aromatic carbocycles. The maximum Gasteiger partial charge on any atom is -0.0136 e. The third-order valence-electron chi connectivity index (χ3n) is 1.72. The lowest BCUT2D eigenvalue weighted by atomic mass is 10.1. The minimum absolute atomic E-state index is 1.15. The van der Waals surface area contributed by atoms with Gasteiger partial charge in [0.15, 0.2) is 0 Å². The summed E-state index contributed by atoms with van der Waals surface area (Å²) < 4.78 is 0. The van der Waals surface area contributed by atoms with Crippen molar-refractivity contribution in [2.75, 3.05) is 0 Å². The molecule has 0 rings (SSSR count). The van der Waals surface area contributed by atoms with Crippen LogP contribution in [0.1, 0.15) is 47.0 Å². The fourth-order valence-electron chi connectivity index (χ4n) is 0.996. The maximum absolute atomic E-state index is 2.33. The normalized spacial score (nSPS) is 11.5. The summed E-state index contributed by atoms with van der Waals surface area (Å²) in [4.78, 5) is 0. The van der Waals surface area contributed by atoms with Crippen LogP contribution in [0.25, 0.3) is 0 Å². The first kappa shape index (κ1) is 10.5. The van der Waals surface area contributed by atoms with E-state index in [1.807, 2.05) is 0 Å². The van der Waals surface area contributed by atoms with Crippen molar-refractivity contribution < 1.29 is 0 Å². The number of hydrogen-bond acceptors (Lipinski definition) is 0. The Balaban J connectivity index is 3.89. The van der Waals surface area contributed by atoms with E-state index in [1.54, 1.807) is 5.57 Å². The average molecular weight is 152 g/mol. The molecule has 0 spiro atoms. The second-order valence-corrected chi connectivity index (χ2v) is 3.11. The van der Waals surface area contributed by atoms with Crippen LogP contribution >= 0.6 is 0 Å². The van der Waals surface area contributed by atoms with Crippen LogP contribution in [0.5, 0.6) is 0 Å². The zero-order valence-corrected chi connectivity index (χ0v) is 8.28. The molecule has 64 valence electrons. The highest BCUT2D eigenvalue weighted by Gasteiger charge is 1.89. The highest BCUT2D eigenvalue weighted by molar-refractivity contribution is 5.09. The Morgan fingerprint density at radius 1 is 1.09 bits per heavy atom. The summed E-state index contributed by atoms with van der Waals surface area (Å²) in [5.74, 6) is 0. The van der Waals surface area contributed by atoms with Gasteiger partial charge in [-0.2, -0.15) is 0 Å². The molecule has 0 aliphatic heterocycles. The smallest absolute Gasteiger partial charge is 0.0136 e. The van der Waals surface area contributed by atoms with Crippen molar-refractivity contribution in [2.24, 2.45) is 0 Å². The highest BCUT2D eigenvalue weighted by Crippen LogP contribution is 2.09. The quantitative estimate of drug-likeness (QED) is 0.532. The summed E-state index contributed by atoms with van der Waals surface area (Å²) in [5.41, 5.74) is 2.98. The molecule has 0 amide bonds. The second-order valence-electron chi connectivity index (χ2n) is 3.11. The van der Waals surface area contributed by atoms with Crippen LogP contribution in [-0.2, 0) is 0 Å². The van der Waals surface area contributed by atoms with Gasteiger partial charge in [0.05, 0.1) is 0 Å². The van der Waals surface area contributed by atoms with E-state index >= 15 is 0 Å². The Labute approximate surface area is 71.0 Å². The van der Waals surface area contributed by atoms with Crippen molar-refractivity contribution in [3.8, 4) is 0 Å². The van der Waals surface area contributed by atoms with Gasteiger partial charge >= 0.3 is 0 Å². The van der Waals surface area contributed by atoms with Crippen molar-refractivity contribution in [3.05, 3.63) is 23.3 Å². The van der Waals surface area contributed by atoms with E-state index in [9.17, 15) is 0 Å². The van der Waals surface area contributed by atoms with Gasteiger partial charge in [-0.1, -0.05) is 37.1 Å². The molecule has 0 aromatic rings. The van der Waals surface area contributed by atoms with Crippen LogP contribution in [0.3, 0.4) is 0 Å². The molecule has 0 radical (unpaired) electrons. The van der Waals surface area contributed by atoms with Crippen LogP contribution in [0, 0.1) is 0 Å². The number of rotatable bonds is 4. The van der Waals surface area contributed by atoms with Crippen molar-refractivity contribution in [3.63, 3.8) is 0 Å². The van der Waals surface area contributed by atoms with E-state index < -0.39 is 0 Å². The molecule has 0 unspecified atom stereocenters. The molecule has 0 bridgehead atoms. The Morgan fingerprint density at radius 3 is 2.09 bits per heavy atom. The lowest BCUT2D eigenvalue weighted by Gasteiger charge is -1.99. The lowest BCUT2D eigenvalue weighted by Crippen LogP contribution is -1.78. The largest absolute Gasteiger partial charge is 0.0853 e. The maximum atomic E-state index is 2.33. The van der Waals surface area contributed by atoms with Crippen molar-refractivity contribution >= 4 is 0 Å². The first-order valence-electron chi connectivity index (χ1n) is 4.52. The molecule has 0 fully saturated rings. The van der Waals surface area contributed by atoms with Gasteiger partial charge in [0.2, 0.25) is 0 Å². The minimum atomic E-state index is 1.15. The summed E-state index contributed by atoms with van der Waals surface area (Å²) in [7, 11) is 0. The van der Waals surface area contributed by atoms with Crippen LogP contribution in [0.4, 0.5) is 0 Å². The zero-order valence-electron chi connectivity index (χ0n) is 8.28. The Morgan fingerprint density at radius 2 is 1.73 bits per heavy atom. The third kappa shape index (κ3) is 5.90. The van der Waals surface area contributed by atoms with Gasteiger partial charge in [-0.25, -0.2) is 0 Å². The first-order valence-corrected chi connectivity index (χ1v) is 4.52. The molecule has 0 saturated heterocycles. The van der Waals surface area contributed by atoms with Crippen LogP contribution in [0.15, 0.2) is 23.3 Å². The first-order chi connectivity index (χ1) is 5.20. The van der Waals surface area contributed by atoms with E-state index in [2.05, 4.69) is 39.8 Å². The minimum Gasteiger partial charge on any atom is -0.0853 e. The molecule has 0 aliphatic rings. The fourth-order valence-corrected chi connectivity index (χ4v) is 0.996. The van der Waals surface area contributed by atoms with E-state index in [1.165, 1.54) is 18.4 Å². The summed E-state index contributed by atoms with van der Waals surface area (Å²) in [5, 5.41) is 0. The van der Waals surface area contributed by atoms with Crippen LogP contribution in [-0.4, -0.2) is 0 Å². The number of hydrogen-bond donors (Lipinski definition) is 0. The predicted molar refractivity (Wildman–Crippen MR) is 52.7 cm³/mol. The molecule has 0 heteroatoms. The summed E-state index contributed by atoms with van der Waals surface area (Å²) in [6.07, 6.45) is 8.13. The monoisotopic (exact) mass is 152 g/mol. The van der Waals surface area contributed by atoms with Gasteiger partial charge in [0.25, 0.3) is 0 Å². The van der Waals surface area contributed by atoms with E-state index in [0.29, 0.717) is 0 Å². The third-order valence-corrected chi connectivity index (χ3v) is 1.72. The average Bonchev–Trinajstić information content (AvgIpc) is 1.97. The molecular formula is C11H20. The Kier molecular flexibility index (Phi) is 5.91. The number of allylic oxidation sites excluding steroid dienone is 4. The fraction of sp³-hybridized carbons (Fsp3) is 0.636. The summed E-state index contributed by atoms with van der Waals surface area (Å²) >= 11 is 0. The summed E-state index contributed by atoms with van der Waals surface area (Å²) in [6, 6.07) is 0. The van der Waals surface area contributed by atoms with Gasteiger partial charge in [0, 0.05) is 0 Å². The van der Waals surface area contributed by atoms with Crippen molar-refractivity contribution in [1.82, 2.24) is 0 Å². The predicted octanol–water partition coefficient (Wildman–Crippen LogP) is 4.09. The van der Waals surface area contributed by atoms with E-state index in [0.717, 1.165) is 6.42 Å². The van der Waals surface area contributed by atoms with Crippen LogP contribution in [0.2, 0.25) is 0 Å². The van der Waals surface area contributed by atoms with Gasteiger partial charge in [0.1, 0.15) is 0 Å². The van der Waals surface area contributed by atoms with E-state index in [-0.39, 0.29) is 0 Å². The topological polar surface area (TPSA) is 0 Å². The van der Waals surface area contributed by atoms with E-state index in [4.69, 9.17) is 0 Å². The summed E-state index contributed by atoms with van der Waals surface area (Å²) in [6.45, 7) is 8.72. The molecule has 0 N–H and O–H groups in total. The van der Waals surface area contributed by atoms with Crippen LogP contribution < -0.4 is 0 Å². The molecule has 11 heavy (non-hydrogen) atoms. The highest BCUT2D eigenvalue weighted by atomic mass is 14.0.